The molecule has 0 unspecified atom stereocenters. The molecule has 1 aliphatic rings. The van der Waals surface area contributed by atoms with Crippen LogP contribution >= 0.6 is 39.9 Å². The zero-order chi connectivity index (χ0) is 11.0. The van der Waals surface area contributed by atoms with Gasteiger partial charge in [0.25, 0.3) is 0 Å². The van der Waals surface area contributed by atoms with E-state index in [1.807, 2.05) is 25.1 Å². The predicted molar refractivity (Wildman–Crippen MR) is 71.4 cm³/mol. The fraction of sp³-hybridized carbons (Fsp3) is 0.200. The van der Waals surface area contributed by atoms with Crippen LogP contribution in [0.5, 0.6) is 0 Å². The number of anilines is 1. The summed E-state index contributed by atoms with van der Waals surface area (Å²) in [5.41, 5.74) is 1.98. The molecule has 0 saturated carbocycles. The molecule has 0 N–H and O–H groups in total. The Kier molecular flexibility index (Phi) is 3.13. The number of nitrogens with zero attached hydrogens (tertiary/aromatic N) is 1. The molecule has 1 amide bonds. The lowest BCUT2D eigenvalue weighted by atomic mass is 10.2. The zero-order valence-corrected chi connectivity index (χ0v) is 11.2. The van der Waals surface area contributed by atoms with Gasteiger partial charge in [-0.1, -0.05) is 46.0 Å². The Morgan fingerprint density at radius 1 is 1.53 bits per heavy atom. The molecule has 2 rings (SSSR count). The van der Waals surface area contributed by atoms with Gasteiger partial charge in [0.15, 0.2) is 0 Å². The smallest absolute Gasteiger partial charge is 0.243 e. The van der Waals surface area contributed by atoms with E-state index in [0.29, 0.717) is 10.1 Å². The number of carbonyl (C=O) groups is 1. The highest BCUT2D eigenvalue weighted by atomic mass is 79.9. The van der Waals surface area contributed by atoms with Gasteiger partial charge in [-0.05, 0) is 24.6 Å². The van der Waals surface area contributed by atoms with Crippen LogP contribution < -0.4 is 4.90 Å². The minimum atomic E-state index is 0.0563. The average Bonchev–Trinajstić information content (AvgIpc) is 2.52. The van der Waals surface area contributed by atoms with Crippen LogP contribution in [0.15, 0.2) is 22.7 Å². The standard InChI is InChI=1S/C10H8BrNOS2/c1-6-2-3-7(4-8(6)11)12-9(13)5-15-10(12)14/h2-4H,5H2,1H3. The number of carbonyl (C=O) groups excluding carboxylic acids is 1. The lowest BCUT2D eigenvalue weighted by Gasteiger charge is -2.15. The Bertz CT molecular complexity index is 431. The Morgan fingerprint density at radius 3 is 2.80 bits per heavy atom. The highest BCUT2D eigenvalue weighted by Crippen LogP contribution is 2.29. The van der Waals surface area contributed by atoms with E-state index in [2.05, 4.69) is 15.9 Å². The number of halogens is 1. The third-order valence-corrected chi connectivity index (χ3v) is 4.38. The van der Waals surface area contributed by atoms with Crippen molar-refractivity contribution in [3.8, 4) is 0 Å². The second-order valence-electron chi connectivity index (χ2n) is 3.22. The van der Waals surface area contributed by atoms with E-state index in [1.165, 1.54) is 11.8 Å². The van der Waals surface area contributed by atoms with Gasteiger partial charge in [0.1, 0.15) is 4.32 Å². The van der Waals surface area contributed by atoms with Gasteiger partial charge in [0.05, 0.1) is 11.4 Å². The fourth-order valence-corrected chi connectivity index (χ4v) is 2.79. The third-order valence-electron chi connectivity index (χ3n) is 2.16. The summed E-state index contributed by atoms with van der Waals surface area (Å²) in [4.78, 5) is 13.2. The van der Waals surface area contributed by atoms with Crippen molar-refractivity contribution in [1.82, 2.24) is 0 Å². The molecule has 78 valence electrons. The number of hydrogen-bond acceptors (Lipinski definition) is 3. The second-order valence-corrected chi connectivity index (χ2v) is 5.68. The monoisotopic (exact) mass is 301 g/mol. The number of aryl methyl sites for hydroxylation is 1. The molecule has 0 bridgehead atoms. The maximum Gasteiger partial charge on any atom is 0.243 e. The number of thioether (sulfide) groups is 1. The molecule has 0 spiro atoms. The van der Waals surface area contributed by atoms with Gasteiger partial charge in [-0.2, -0.15) is 0 Å². The molecule has 0 aliphatic carbocycles. The number of amides is 1. The van der Waals surface area contributed by atoms with Gasteiger partial charge in [-0.3, -0.25) is 9.69 Å². The van der Waals surface area contributed by atoms with Gasteiger partial charge < -0.3 is 0 Å². The highest BCUT2D eigenvalue weighted by Gasteiger charge is 2.28. The molecule has 2 nitrogen and oxygen atoms in total. The Labute approximate surface area is 106 Å². The molecular formula is C10H8BrNOS2. The van der Waals surface area contributed by atoms with Gasteiger partial charge in [-0.25, -0.2) is 0 Å². The van der Waals surface area contributed by atoms with E-state index in [0.717, 1.165) is 15.7 Å². The van der Waals surface area contributed by atoms with Crippen molar-refractivity contribution >= 4 is 55.8 Å². The summed E-state index contributed by atoms with van der Waals surface area (Å²) in [6.07, 6.45) is 0. The van der Waals surface area contributed by atoms with Crippen LogP contribution in [0.4, 0.5) is 5.69 Å². The molecule has 1 aromatic rings. The number of rotatable bonds is 1. The van der Waals surface area contributed by atoms with E-state index in [4.69, 9.17) is 12.2 Å². The van der Waals surface area contributed by atoms with Gasteiger partial charge in [0.2, 0.25) is 5.91 Å². The van der Waals surface area contributed by atoms with Crippen LogP contribution in [0.2, 0.25) is 0 Å². The minimum absolute atomic E-state index is 0.0563. The van der Waals surface area contributed by atoms with Gasteiger partial charge in [0, 0.05) is 4.47 Å². The summed E-state index contributed by atoms with van der Waals surface area (Å²) in [5, 5.41) is 0. The van der Waals surface area contributed by atoms with Crippen molar-refractivity contribution in [2.24, 2.45) is 0 Å². The second kappa shape index (κ2) is 4.23. The van der Waals surface area contributed by atoms with Gasteiger partial charge in [-0.15, -0.1) is 0 Å². The Hall–Kier alpha value is -0.390. The summed E-state index contributed by atoms with van der Waals surface area (Å²) in [6, 6.07) is 5.81. The van der Waals surface area contributed by atoms with Crippen LogP contribution in [0.1, 0.15) is 5.56 Å². The number of benzene rings is 1. The fourth-order valence-electron chi connectivity index (χ4n) is 1.32. The Morgan fingerprint density at radius 2 is 2.27 bits per heavy atom. The number of hydrogen-bond donors (Lipinski definition) is 0. The van der Waals surface area contributed by atoms with Crippen molar-refractivity contribution in [1.29, 1.82) is 0 Å². The molecule has 0 atom stereocenters. The maximum absolute atomic E-state index is 11.6. The van der Waals surface area contributed by atoms with Crippen molar-refractivity contribution in [3.63, 3.8) is 0 Å². The van der Waals surface area contributed by atoms with Crippen LogP contribution in [0.25, 0.3) is 0 Å². The van der Waals surface area contributed by atoms with Gasteiger partial charge >= 0.3 is 0 Å². The van der Waals surface area contributed by atoms with E-state index >= 15 is 0 Å². The van der Waals surface area contributed by atoms with Crippen LogP contribution in [-0.2, 0) is 4.79 Å². The largest absolute Gasteiger partial charge is 0.273 e. The summed E-state index contributed by atoms with van der Waals surface area (Å²) >= 11 is 9.98. The molecular weight excluding hydrogens is 294 g/mol. The molecule has 5 heteroatoms. The summed E-state index contributed by atoms with van der Waals surface area (Å²) in [6.45, 7) is 2.01. The topological polar surface area (TPSA) is 20.3 Å². The third kappa shape index (κ3) is 2.09. The summed E-state index contributed by atoms with van der Waals surface area (Å²) in [5.74, 6) is 0.505. The zero-order valence-electron chi connectivity index (χ0n) is 7.99. The first kappa shape index (κ1) is 11.1. The lowest BCUT2D eigenvalue weighted by molar-refractivity contribution is -0.115. The van der Waals surface area contributed by atoms with Crippen molar-refractivity contribution < 1.29 is 4.79 Å². The molecule has 15 heavy (non-hydrogen) atoms. The average molecular weight is 302 g/mol. The lowest BCUT2D eigenvalue weighted by Crippen LogP contribution is -2.27. The Balaban J connectivity index is 2.41. The minimum Gasteiger partial charge on any atom is -0.273 e. The molecule has 1 fully saturated rings. The first-order chi connectivity index (χ1) is 7.09. The molecule has 1 aromatic carbocycles. The van der Waals surface area contributed by atoms with E-state index in [1.54, 1.807) is 4.90 Å². The first-order valence-corrected chi connectivity index (χ1v) is 6.54. The molecule has 1 heterocycles. The number of thiocarbonyl (C=S) groups is 1. The SMILES string of the molecule is Cc1ccc(N2C(=O)CSC2=S)cc1Br. The summed E-state index contributed by atoms with van der Waals surface area (Å²) in [7, 11) is 0. The van der Waals surface area contributed by atoms with Crippen LogP contribution in [0, 0.1) is 6.92 Å². The van der Waals surface area contributed by atoms with E-state index < -0.39 is 0 Å². The summed E-state index contributed by atoms with van der Waals surface area (Å²) < 4.78 is 1.63. The molecule has 1 aliphatic heterocycles. The quantitative estimate of drug-likeness (QED) is 0.743. The predicted octanol–water partition coefficient (Wildman–Crippen LogP) is 3.12. The molecule has 0 aromatic heterocycles. The van der Waals surface area contributed by atoms with E-state index in [9.17, 15) is 4.79 Å². The molecule has 1 saturated heterocycles. The maximum atomic E-state index is 11.6. The highest BCUT2D eigenvalue weighted by molar-refractivity contribution is 9.10. The molecule has 0 radical (unpaired) electrons. The normalized spacial score (nSPS) is 16.3. The van der Waals surface area contributed by atoms with E-state index in [-0.39, 0.29) is 5.91 Å². The van der Waals surface area contributed by atoms with Crippen molar-refractivity contribution in [2.75, 3.05) is 10.7 Å². The van der Waals surface area contributed by atoms with Crippen molar-refractivity contribution in [2.45, 2.75) is 6.92 Å². The van der Waals surface area contributed by atoms with Crippen LogP contribution in [-0.4, -0.2) is 16.0 Å². The van der Waals surface area contributed by atoms with Crippen LogP contribution in [0.3, 0.4) is 0 Å². The van der Waals surface area contributed by atoms with Crippen molar-refractivity contribution in [3.05, 3.63) is 28.2 Å². The first-order valence-electron chi connectivity index (χ1n) is 4.35.